The van der Waals surface area contributed by atoms with Crippen LogP contribution in [-0.4, -0.2) is 25.0 Å². The van der Waals surface area contributed by atoms with Crippen LogP contribution in [0.3, 0.4) is 0 Å². The smallest absolute Gasteiger partial charge is 0.220 e. The molecule has 2 atom stereocenters. The fraction of sp³-hybridized carbons (Fsp3) is 0.533. The van der Waals surface area contributed by atoms with E-state index in [4.69, 9.17) is 0 Å². The van der Waals surface area contributed by atoms with Gasteiger partial charge in [-0.2, -0.15) is 0 Å². The zero-order valence-electron chi connectivity index (χ0n) is 11.3. The lowest BCUT2D eigenvalue weighted by molar-refractivity contribution is -0.122. The molecule has 1 aromatic rings. The van der Waals surface area contributed by atoms with E-state index in [2.05, 4.69) is 10.6 Å². The largest absolute Gasteiger partial charge is 0.352 e. The van der Waals surface area contributed by atoms with Crippen LogP contribution in [0.4, 0.5) is 4.39 Å². The summed E-state index contributed by atoms with van der Waals surface area (Å²) in [6, 6.07) is 6.86. The summed E-state index contributed by atoms with van der Waals surface area (Å²) in [5.74, 6) is 0.0972. The van der Waals surface area contributed by atoms with Crippen molar-refractivity contribution in [1.29, 1.82) is 0 Å². The summed E-state index contributed by atoms with van der Waals surface area (Å²) in [5, 5.41) is 6.25. The standard InChI is InChI=1S/C15H21FN2O/c1-11(7-12-3-2-4-13(16)9-12)8-15(19)18-14-5-6-17-10-14/h2-4,9,11,14,17H,5-8,10H2,1H3,(H,18,19). The summed E-state index contributed by atoms with van der Waals surface area (Å²) in [7, 11) is 0. The van der Waals surface area contributed by atoms with E-state index < -0.39 is 0 Å². The molecular formula is C15H21FN2O. The maximum Gasteiger partial charge on any atom is 0.220 e. The van der Waals surface area contributed by atoms with Crippen molar-refractivity contribution in [2.45, 2.75) is 32.2 Å². The lowest BCUT2D eigenvalue weighted by Crippen LogP contribution is -2.37. The Morgan fingerprint density at radius 2 is 2.42 bits per heavy atom. The molecule has 0 saturated carbocycles. The zero-order valence-corrected chi connectivity index (χ0v) is 11.3. The van der Waals surface area contributed by atoms with E-state index in [1.54, 1.807) is 6.07 Å². The Kier molecular flexibility index (Phi) is 4.91. The summed E-state index contributed by atoms with van der Waals surface area (Å²) >= 11 is 0. The summed E-state index contributed by atoms with van der Waals surface area (Å²) < 4.78 is 13.1. The van der Waals surface area contributed by atoms with Crippen LogP contribution in [0, 0.1) is 11.7 Å². The van der Waals surface area contributed by atoms with Crippen molar-refractivity contribution < 1.29 is 9.18 Å². The monoisotopic (exact) mass is 264 g/mol. The van der Waals surface area contributed by atoms with Crippen molar-refractivity contribution in [3.63, 3.8) is 0 Å². The quantitative estimate of drug-likeness (QED) is 0.852. The molecule has 1 amide bonds. The van der Waals surface area contributed by atoms with Gasteiger partial charge in [-0.25, -0.2) is 4.39 Å². The molecule has 0 spiro atoms. The molecule has 0 bridgehead atoms. The predicted octanol–water partition coefficient (Wildman–Crippen LogP) is 1.87. The number of benzene rings is 1. The van der Waals surface area contributed by atoms with Gasteiger partial charge < -0.3 is 10.6 Å². The van der Waals surface area contributed by atoms with Crippen molar-refractivity contribution in [2.24, 2.45) is 5.92 Å². The number of nitrogens with one attached hydrogen (secondary N) is 2. The van der Waals surface area contributed by atoms with E-state index in [1.807, 2.05) is 13.0 Å². The van der Waals surface area contributed by atoms with Crippen LogP contribution in [0.25, 0.3) is 0 Å². The van der Waals surface area contributed by atoms with Gasteiger partial charge in [0.05, 0.1) is 0 Å². The van der Waals surface area contributed by atoms with E-state index in [-0.39, 0.29) is 23.7 Å². The van der Waals surface area contributed by atoms with Crippen LogP contribution in [0.1, 0.15) is 25.3 Å². The first-order chi connectivity index (χ1) is 9.13. The molecule has 2 unspecified atom stereocenters. The number of carbonyl (C=O) groups excluding carboxylic acids is 1. The Bertz CT molecular complexity index is 430. The summed E-state index contributed by atoms with van der Waals surface area (Å²) in [6.07, 6.45) is 2.23. The Balaban J connectivity index is 1.77. The van der Waals surface area contributed by atoms with E-state index >= 15 is 0 Å². The molecule has 0 aliphatic carbocycles. The highest BCUT2D eigenvalue weighted by atomic mass is 19.1. The fourth-order valence-electron chi connectivity index (χ4n) is 2.52. The van der Waals surface area contributed by atoms with Gasteiger partial charge in [0.15, 0.2) is 0 Å². The molecule has 2 rings (SSSR count). The molecule has 2 N–H and O–H groups in total. The number of carbonyl (C=O) groups is 1. The van der Waals surface area contributed by atoms with Crippen LogP contribution < -0.4 is 10.6 Å². The molecule has 1 saturated heterocycles. The van der Waals surface area contributed by atoms with E-state index in [0.717, 1.165) is 31.5 Å². The van der Waals surface area contributed by atoms with Gasteiger partial charge in [-0.3, -0.25) is 4.79 Å². The minimum atomic E-state index is -0.216. The van der Waals surface area contributed by atoms with Crippen LogP contribution in [0.5, 0.6) is 0 Å². The highest BCUT2D eigenvalue weighted by Crippen LogP contribution is 2.13. The van der Waals surface area contributed by atoms with Gasteiger partial charge in [0, 0.05) is 19.0 Å². The molecule has 1 aliphatic heterocycles. The zero-order chi connectivity index (χ0) is 13.7. The highest BCUT2D eigenvalue weighted by molar-refractivity contribution is 5.76. The normalized spacial score (nSPS) is 20.2. The number of hydrogen-bond donors (Lipinski definition) is 2. The minimum absolute atomic E-state index is 0.0950. The molecule has 0 radical (unpaired) electrons. The summed E-state index contributed by atoms with van der Waals surface area (Å²) in [5.41, 5.74) is 0.947. The third-order valence-corrected chi connectivity index (χ3v) is 3.43. The molecule has 4 heteroatoms. The van der Waals surface area contributed by atoms with Gasteiger partial charge in [-0.15, -0.1) is 0 Å². The first-order valence-corrected chi connectivity index (χ1v) is 6.88. The van der Waals surface area contributed by atoms with Gasteiger partial charge in [-0.1, -0.05) is 19.1 Å². The van der Waals surface area contributed by atoms with Gasteiger partial charge in [-0.05, 0) is 43.0 Å². The van der Waals surface area contributed by atoms with Gasteiger partial charge >= 0.3 is 0 Å². The van der Waals surface area contributed by atoms with Crippen molar-refractivity contribution in [3.05, 3.63) is 35.6 Å². The van der Waals surface area contributed by atoms with Crippen molar-refractivity contribution in [3.8, 4) is 0 Å². The average Bonchev–Trinajstić information content (AvgIpc) is 2.81. The first kappa shape index (κ1) is 14.0. The molecule has 1 fully saturated rings. The molecule has 19 heavy (non-hydrogen) atoms. The van der Waals surface area contributed by atoms with Crippen LogP contribution in [0.15, 0.2) is 24.3 Å². The molecular weight excluding hydrogens is 243 g/mol. The van der Waals surface area contributed by atoms with Gasteiger partial charge in [0.2, 0.25) is 5.91 Å². The topological polar surface area (TPSA) is 41.1 Å². The molecule has 3 nitrogen and oxygen atoms in total. The minimum Gasteiger partial charge on any atom is -0.352 e. The number of hydrogen-bond acceptors (Lipinski definition) is 2. The Morgan fingerprint density at radius 1 is 1.58 bits per heavy atom. The molecule has 0 aromatic heterocycles. The molecule has 1 heterocycles. The average molecular weight is 264 g/mol. The lowest BCUT2D eigenvalue weighted by atomic mass is 9.97. The third kappa shape index (κ3) is 4.63. The van der Waals surface area contributed by atoms with Crippen LogP contribution >= 0.6 is 0 Å². The van der Waals surface area contributed by atoms with Crippen molar-refractivity contribution >= 4 is 5.91 Å². The summed E-state index contributed by atoms with van der Waals surface area (Å²) in [4.78, 5) is 11.9. The highest BCUT2D eigenvalue weighted by Gasteiger charge is 2.18. The molecule has 1 aliphatic rings. The number of amides is 1. The Morgan fingerprint density at radius 3 is 3.11 bits per heavy atom. The Labute approximate surface area is 113 Å². The van der Waals surface area contributed by atoms with Gasteiger partial charge in [0.25, 0.3) is 0 Å². The van der Waals surface area contributed by atoms with Gasteiger partial charge in [0.1, 0.15) is 5.82 Å². The second-order valence-electron chi connectivity index (χ2n) is 5.40. The number of rotatable bonds is 5. The molecule has 104 valence electrons. The number of halogens is 1. The second kappa shape index (κ2) is 6.66. The first-order valence-electron chi connectivity index (χ1n) is 6.88. The SMILES string of the molecule is CC(CC(=O)NC1CCNC1)Cc1cccc(F)c1. The van der Waals surface area contributed by atoms with Crippen molar-refractivity contribution in [2.75, 3.05) is 13.1 Å². The van der Waals surface area contributed by atoms with Crippen molar-refractivity contribution in [1.82, 2.24) is 10.6 Å². The van der Waals surface area contributed by atoms with E-state index in [0.29, 0.717) is 6.42 Å². The van der Waals surface area contributed by atoms with Crippen LogP contribution in [-0.2, 0) is 11.2 Å². The lowest BCUT2D eigenvalue weighted by Gasteiger charge is -2.15. The van der Waals surface area contributed by atoms with Crippen LogP contribution in [0.2, 0.25) is 0 Å². The predicted molar refractivity (Wildman–Crippen MR) is 73.3 cm³/mol. The maximum absolute atomic E-state index is 13.1. The second-order valence-corrected chi connectivity index (χ2v) is 5.40. The molecule has 1 aromatic carbocycles. The Hall–Kier alpha value is -1.42. The fourth-order valence-corrected chi connectivity index (χ4v) is 2.52. The third-order valence-electron chi connectivity index (χ3n) is 3.43. The maximum atomic E-state index is 13.1. The summed E-state index contributed by atoms with van der Waals surface area (Å²) in [6.45, 7) is 3.87. The van der Waals surface area contributed by atoms with E-state index in [1.165, 1.54) is 12.1 Å². The van der Waals surface area contributed by atoms with E-state index in [9.17, 15) is 9.18 Å².